The van der Waals surface area contributed by atoms with Gasteiger partial charge in [-0.25, -0.2) is 0 Å². The molecule has 0 radical (unpaired) electrons. The number of rotatable bonds is 0. The average molecular weight is 231 g/mol. The summed E-state index contributed by atoms with van der Waals surface area (Å²) in [5.41, 5.74) is 6.68. The average Bonchev–Trinajstić information content (AvgIpc) is 2.45. The van der Waals surface area contributed by atoms with Crippen LogP contribution in [0.15, 0.2) is 54.2 Å². The lowest BCUT2D eigenvalue weighted by Gasteiger charge is -2.28. The predicted octanol–water partition coefficient (Wildman–Crippen LogP) is 3.83. The fourth-order valence-electron chi connectivity index (χ4n) is 2.97. The third-order valence-electron chi connectivity index (χ3n) is 3.88. The maximum atomic E-state index is 4.46. The maximum absolute atomic E-state index is 4.46. The lowest BCUT2D eigenvalue weighted by molar-refractivity contribution is 0.782. The number of allylic oxidation sites excluding steroid dienone is 2. The lowest BCUT2D eigenvalue weighted by atomic mass is 9.76. The Morgan fingerprint density at radius 1 is 1.00 bits per heavy atom. The molecule has 1 unspecified atom stereocenters. The van der Waals surface area contributed by atoms with Crippen LogP contribution < -0.4 is 0 Å². The molecule has 1 atom stereocenters. The number of benzene rings is 1. The van der Waals surface area contributed by atoms with E-state index in [-0.39, 0.29) is 0 Å². The van der Waals surface area contributed by atoms with Gasteiger partial charge in [0.2, 0.25) is 0 Å². The van der Waals surface area contributed by atoms with Crippen LogP contribution >= 0.6 is 0 Å². The zero-order valence-electron chi connectivity index (χ0n) is 10.0. The van der Waals surface area contributed by atoms with Gasteiger partial charge in [-0.15, -0.1) is 0 Å². The van der Waals surface area contributed by atoms with E-state index in [1.54, 1.807) is 0 Å². The van der Waals surface area contributed by atoms with Gasteiger partial charge in [0, 0.05) is 12.1 Å². The second-order valence-corrected chi connectivity index (χ2v) is 4.91. The van der Waals surface area contributed by atoms with Gasteiger partial charge >= 0.3 is 0 Å². The van der Waals surface area contributed by atoms with Crippen molar-refractivity contribution in [3.8, 4) is 0 Å². The Bertz CT molecular complexity index is 680. The van der Waals surface area contributed by atoms with E-state index in [0.29, 0.717) is 5.92 Å². The van der Waals surface area contributed by atoms with Crippen molar-refractivity contribution in [1.29, 1.82) is 0 Å². The van der Waals surface area contributed by atoms with Gasteiger partial charge in [0.25, 0.3) is 0 Å². The molecule has 1 nitrogen and oxygen atoms in total. The molecule has 0 saturated carbocycles. The maximum Gasteiger partial charge on any atom is 0.0664 e. The molecule has 2 aliphatic carbocycles. The van der Waals surface area contributed by atoms with Crippen molar-refractivity contribution in [3.05, 3.63) is 76.6 Å². The first-order valence-corrected chi connectivity index (χ1v) is 6.34. The van der Waals surface area contributed by atoms with Gasteiger partial charge in [0.1, 0.15) is 0 Å². The summed E-state index contributed by atoms with van der Waals surface area (Å²) < 4.78 is 0. The highest BCUT2D eigenvalue weighted by atomic mass is 14.7. The smallest absolute Gasteiger partial charge is 0.0664 e. The summed E-state index contributed by atoms with van der Waals surface area (Å²) in [4.78, 5) is 4.46. The van der Waals surface area contributed by atoms with Gasteiger partial charge in [-0.2, -0.15) is 0 Å². The number of aromatic nitrogens is 1. The molecule has 86 valence electrons. The fraction of sp³-hybridized carbons (Fsp3) is 0.118. The van der Waals surface area contributed by atoms with E-state index in [9.17, 15) is 0 Å². The van der Waals surface area contributed by atoms with Crippen LogP contribution in [-0.4, -0.2) is 4.98 Å². The lowest BCUT2D eigenvalue weighted by Crippen LogP contribution is -2.14. The predicted molar refractivity (Wildman–Crippen MR) is 74.1 cm³/mol. The third-order valence-corrected chi connectivity index (χ3v) is 3.88. The summed E-state index contributed by atoms with van der Waals surface area (Å²) in [7, 11) is 0. The number of nitrogens with zero attached hydrogens (tertiary/aromatic N) is 1. The van der Waals surface area contributed by atoms with Crippen LogP contribution in [0.2, 0.25) is 0 Å². The molecule has 0 aliphatic heterocycles. The van der Waals surface area contributed by atoms with Crippen molar-refractivity contribution in [1.82, 2.24) is 4.98 Å². The van der Waals surface area contributed by atoms with Crippen molar-refractivity contribution in [3.63, 3.8) is 0 Å². The molecule has 0 N–H and O–H groups in total. The van der Waals surface area contributed by atoms with Gasteiger partial charge in [-0.05, 0) is 40.8 Å². The molecule has 1 heterocycles. The summed E-state index contributed by atoms with van der Waals surface area (Å²) in [5, 5.41) is 0. The molecule has 2 aliphatic rings. The molecule has 1 aromatic heterocycles. The second kappa shape index (κ2) is 3.67. The minimum Gasteiger partial charge on any atom is -0.257 e. The molecule has 2 aromatic rings. The largest absolute Gasteiger partial charge is 0.257 e. The van der Waals surface area contributed by atoms with E-state index in [1.165, 1.54) is 22.3 Å². The van der Waals surface area contributed by atoms with Crippen molar-refractivity contribution in [2.45, 2.75) is 12.3 Å². The van der Waals surface area contributed by atoms with Gasteiger partial charge in [-0.3, -0.25) is 4.98 Å². The molecular formula is C17H13N. The molecule has 0 saturated heterocycles. The summed E-state index contributed by atoms with van der Waals surface area (Å²) in [6, 6.07) is 12.9. The first kappa shape index (κ1) is 9.84. The van der Waals surface area contributed by atoms with Crippen LogP contribution in [0.1, 0.15) is 28.3 Å². The number of hydrogen-bond donors (Lipinski definition) is 0. The molecule has 4 rings (SSSR count). The van der Waals surface area contributed by atoms with Crippen molar-refractivity contribution in [2.24, 2.45) is 0 Å². The molecule has 0 bridgehead atoms. The zero-order valence-corrected chi connectivity index (χ0v) is 10.0. The van der Waals surface area contributed by atoms with E-state index in [1.807, 2.05) is 12.3 Å². The first-order valence-electron chi connectivity index (χ1n) is 6.34. The minimum atomic E-state index is 0.503. The molecule has 1 heteroatoms. The Hall–Kier alpha value is -2.15. The molecular weight excluding hydrogens is 218 g/mol. The summed E-state index contributed by atoms with van der Waals surface area (Å²) in [6.45, 7) is 0. The van der Waals surface area contributed by atoms with Crippen molar-refractivity contribution in [2.75, 3.05) is 0 Å². The Morgan fingerprint density at radius 2 is 1.94 bits per heavy atom. The first-order chi connectivity index (χ1) is 8.92. The minimum absolute atomic E-state index is 0.503. The Labute approximate surface area is 107 Å². The van der Waals surface area contributed by atoms with Crippen LogP contribution in [0, 0.1) is 0 Å². The monoisotopic (exact) mass is 231 g/mol. The summed E-state index contributed by atoms with van der Waals surface area (Å²) in [6.07, 6.45) is 9.62. The quantitative estimate of drug-likeness (QED) is 0.671. The van der Waals surface area contributed by atoms with Gasteiger partial charge in [-0.1, -0.05) is 42.5 Å². The van der Waals surface area contributed by atoms with E-state index in [0.717, 1.165) is 12.1 Å². The molecule has 0 amide bonds. The molecule has 1 aromatic carbocycles. The summed E-state index contributed by atoms with van der Waals surface area (Å²) in [5.74, 6) is 0.503. The molecule has 0 spiro atoms. The van der Waals surface area contributed by atoms with Crippen LogP contribution in [-0.2, 0) is 6.42 Å². The van der Waals surface area contributed by atoms with Crippen molar-refractivity contribution < 1.29 is 0 Å². The highest BCUT2D eigenvalue weighted by molar-refractivity contribution is 5.72. The SMILES string of the molecule is C1=Cc2ccccc2C2Cc3cccnc3C=C12. The van der Waals surface area contributed by atoms with E-state index in [4.69, 9.17) is 0 Å². The third kappa shape index (κ3) is 1.37. The highest BCUT2D eigenvalue weighted by Gasteiger charge is 2.25. The van der Waals surface area contributed by atoms with E-state index >= 15 is 0 Å². The standard InChI is InChI=1S/C17H13N/c1-2-6-15-12(4-1)7-8-13-11-17-14(10-16(13)15)5-3-9-18-17/h1-9,11,16H,10H2. The van der Waals surface area contributed by atoms with Crippen LogP contribution in [0.4, 0.5) is 0 Å². The Kier molecular flexibility index (Phi) is 2.01. The molecule has 0 fully saturated rings. The van der Waals surface area contributed by atoms with E-state index in [2.05, 4.69) is 53.5 Å². The van der Waals surface area contributed by atoms with Gasteiger partial charge in [0.15, 0.2) is 0 Å². The zero-order chi connectivity index (χ0) is 11.9. The Morgan fingerprint density at radius 3 is 2.94 bits per heavy atom. The van der Waals surface area contributed by atoms with Crippen molar-refractivity contribution >= 4 is 12.2 Å². The number of fused-ring (bicyclic) bond motifs is 4. The van der Waals surface area contributed by atoms with Crippen LogP contribution in [0.25, 0.3) is 12.2 Å². The fourth-order valence-corrected chi connectivity index (χ4v) is 2.97. The van der Waals surface area contributed by atoms with Gasteiger partial charge in [0.05, 0.1) is 5.69 Å². The number of pyridine rings is 1. The van der Waals surface area contributed by atoms with Crippen LogP contribution in [0.3, 0.4) is 0 Å². The van der Waals surface area contributed by atoms with Gasteiger partial charge < -0.3 is 0 Å². The normalized spacial score (nSPS) is 19.6. The number of hydrogen-bond acceptors (Lipinski definition) is 1. The topological polar surface area (TPSA) is 12.9 Å². The Balaban J connectivity index is 1.91. The highest BCUT2D eigenvalue weighted by Crippen LogP contribution is 2.40. The van der Waals surface area contributed by atoms with Crippen LogP contribution in [0.5, 0.6) is 0 Å². The van der Waals surface area contributed by atoms with E-state index < -0.39 is 0 Å². The second-order valence-electron chi connectivity index (χ2n) is 4.91. The molecule has 18 heavy (non-hydrogen) atoms. The summed E-state index contributed by atoms with van der Waals surface area (Å²) >= 11 is 0.